The fourth-order valence-electron chi connectivity index (χ4n) is 4.29. The van der Waals surface area contributed by atoms with Crippen LogP contribution in [0.25, 0.3) is 0 Å². The molecule has 4 rings (SSSR count). The fraction of sp³-hybridized carbons (Fsp3) is 0.500. The fourth-order valence-corrected chi connectivity index (χ4v) is 4.42. The molecule has 0 saturated carbocycles. The zero-order valence-electron chi connectivity index (χ0n) is 21.7. The first kappa shape index (κ1) is 29.6. The van der Waals surface area contributed by atoms with Crippen LogP contribution in [0.3, 0.4) is 0 Å². The number of carbonyl (C=O) groups excluding carboxylic acids is 2. The molecule has 8 nitrogen and oxygen atoms in total. The molecular formula is C28H37FN4O4S. The van der Waals surface area contributed by atoms with Crippen LogP contribution in [0.15, 0.2) is 36.7 Å². The van der Waals surface area contributed by atoms with Crippen LogP contribution in [0.4, 0.5) is 4.39 Å². The highest BCUT2D eigenvalue weighted by Gasteiger charge is 2.27. The monoisotopic (exact) mass is 544 g/mol. The van der Waals surface area contributed by atoms with E-state index in [0.717, 1.165) is 17.5 Å². The van der Waals surface area contributed by atoms with Gasteiger partial charge in [-0.25, -0.2) is 4.39 Å². The lowest BCUT2D eigenvalue weighted by Gasteiger charge is -2.27. The molecule has 3 heterocycles. The summed E-state index contributed by atoms with van der Waals surface area (Å²) in [6.45, 7) is 3.01. The van der Waals surface area contributed by atoms with E-state index in [1.807, 2.05) is 6.20 Å². The molecular weight excluding hydrogens is 507 g/mol. The number of rotatable bonds is 9. The van der Waals surface area contributed by atoms with Gasteiger partial charge >= 0.3 is 0 Å². The third-order valence-electron chi connectivity index (χ3n) is 6.47. The Balaban J connectivity index is 1.77. The Bertz CT molecular complexity index is 1090. The van der Waals surface area contributed by atoms with Crippen LogP contribution >= 0.6 is 12.2 Å². The van der Waals surface area contributed by atoms with E-state index < -0.39 is 29.9 Å². The van der Waals surface area contributed by atoms with Gasteiger partial charge in [0.05, 0.1) is 18.8 Å². The number of nitrogens with zero attached hydrogens (tertiary/aromatic N) is 1. The number of aromatic nitrogens is 1. The number of nitrogens with one attached hydrogen (secondary N) is 3. The lowest BCUT2D eigenvalue weighted by Crippen LogP contribution is -2.54. The van der Waals surface area contributed by atoms with E-state index in [9.17, 15) is 19.1 Å². The number of aryl methyl sites for hydroxylation is 1. The van der Waals surface area contributed by atoms with Crippen molar-refractivity contribution in [2.24, 2.45) is 0 Å². The molecule has 0 radical (unpaired) electrons. The molecule has 2 aromatic rings. The highest BCUT2D eigenvalue weighted by Crippen LogP contribution is 2.20. The lowest BCUT2D eigenvalue weighted by atomic mass is 9.99. The lowest BCUT2D eigenvalue weighted by molar-refractivity contribution is -0.130. The van der Waals surface area contributed by atoms with Gasteiger partial charge in [-0.05, 0) is 72.7 Å². The van der Waals surface area contributed by atoms with Crippen molar-refractivity contribution in [3.8, 4) is 5.75 Å². The Hall–Kier alpha value is -2.95. The number of fused-ring (bicyclic) bond motifs is 13. The Kier molecular flexibility index (Phi) is 12.0. The average molecular weight is 545 g/mol. The summed E-state index contributed by atoms with van der Waals surface area (Å²) in [6, 6.07) is 5.18. The van der Waals surface area contributed by atoms with Crippen LogP contribution in [0.2, 0.25) is 0 Å². The Morgan fingerprint density at radius 3 is 2.82 bits per heavy atom. The third kappa shape index (κ3) is 9.41. The first-order chi connectivity index (χ1) is 18.4. The number of benzene rings is 1. The molecule has 0 fully saturated rings. The minimum atomic E-state index is -0.985. The van der Waals surface area contributed by atoms with Crippen LogP contribution in [-0.2, 0) is 29.0 Å². The Morgan fingerprint density at radius 1 is 1.24 bits per heavy atom. The standard InChI is InChI=1S/C28H37FN4O4S/c1-2-19-12-21(16-30-15-19)17-31-18-25(34)24-14-20-8-9-26(22(29)13-20)37-10-4-3-7-27(35)32-23(6-5-11-38)28(36)33-24/h8-9,11-13,15-16,23-25,31,34H,2-7,10,14,17-18H2,1H3,(H,32,35)(H,33,36)/t23-,24-,25+/m0/s1. The maximum absolute atomic E-state index is 14.7. The van der Waals surface area contributed by atoms with E-state index in [4.69, 9.17) is 17.0 Å². The summed E-state index contributed by atoms with van der Waals surface area (Å²) in [6.07, 6.45) is 5.80. The molecule has 2 bridgehead atoms. The highest BCUT2D eigenvalue weighted by molar-refractivity contribution is 7.78. The smallest absolute Gasteiger partial charge is 0.242 e. The number of hydrogen-bond acceptors (Lipinski definition) is 7. The second-order valence-corrected chi connectivity index (χ2v) is 9.84. The summed E-state index contributed by atoms with van der Waals surface area (Å²) in [5.41, 5.74) is 2.71. The number of aliphatic hydroxyl groups excluding tert-OH is 1. The largest absolute Gasteiger partial charge is 0.491 e. The van der Waals surface area contributed by atoms with E-state index in [1.54, 1.807) is 18.3 Å². The molecule has 0 spiro atoms. The number of ether oxygens (including phenoxy) is 1. The Labute approximate surface area is 228 Å². The SMILES string of the molecule is CCc1cncc(CNC[C@@H](O)[C@@H]2Cc3ccc(c(F)c3)OCCCCC(=O)N[C@@H](CCC=S)C(=O)N2)c1. The normalized spacial score (nSPS) is 19.8. The molecule has 2 amide bonds. The number of carbonyl (C=O) groups is 2. The maximum atomic E-state index is 14.7. The topological polar surface area (TPSA) is 113 Å². The number of hydrogen-bond donors (Lipinski definition) is 4. The maximum Gasteiger partial charge on any atom is 0.242 e. The van der Waals surface area contributed by atoms with Crippen LogP contribution < -0.4 is 20.7 Å². The van der Waals surface area contributed by atoms with Crippen molar-refractivity contribution in [3.05, 3.63) is 59.2 Å². The first-order valence-corrected chi connectivity index (χ1v) is 13.6. The predicted octanol–water partition coefficient (Wildman–Crippen LogP) is 2.79. The van der Waals surface area contributed by atoms with Crippen molar-refractivity contribution in [2.75, 3.05) is 13.2 Å². The molecule has 2 aliphatic rings. The summed E-state index contributed by atoms with van der Waals surface area (Å²) in [5, 5.41) is 21.5. The van der Waals surface area contributed by atoms with Crippen LogP contribution in [-0.4, -0.2) is 58.6 Å². The van der Waals surface area contributed by atoms with Gasteiger partial charge < -0.3 is 25.8 Å². The van der Waals surface area contributed by atoms with Gasteiger partial charge in [0, 0.05) is 31.9 Å². The number of pyridine rings is 1. The Morgan fingerprint density at radius 2 is 2.05 bits per heavy atom. The summed E-state index contributed by atoms with van der Waals surface area (Å²) in [5.74, 6) is -1.03. The number of thiocarbonyl (C=S) groups is 1. The van der Waals surface area contributed by atoms with Crippen molar-refractivity contribution in [1.82, 2.24) is 20.9 Å². The molecule has 206 valence electrons. The van der Waals surface area contributed by atoms with Gasteiger partial charge in [-0.1, -0.05) is 31.3 Å². The minimum Gasteiger partial charge on any atom is -0.491 e. The zero-order valence-corrected chi connectivity index (χ0v) is 22.6. The van der Waals surface area contributed by atoms with Gasteiger partial charge in [-0.3, -0.25) is 14.6 Å². The summed E-state index contributed by atoms with van der Waals surface area (Å²) in [4.78, 5) is 30.0. The van der Waals surface area contributed by atoms with Gasteiger partial charge in [0.2, 0.25) is 11.8 Å². The summed E-state index contributed by atoms with van der Waals surface area (Å²) >= 11 is 4.92. The van der Waals surface area contributed by atoms with Gasteiger partial charge in [0.1, 0.15) is 6.04 Å². The predicted molar refractivity (Wildman–Crippen MR) is 148 cm³/mol. The number of aliphatic hydroxyl groups is 1. The van der Waals surface area contributed by atoms with Crippen molar-refractivity contribution >= 4 is 29.4 Å². The molecule has 10 heteroatoms. The minimum absolute atomic E-state index is 0.135. The molecule has 1 aromatic carbocycles. The van der Waals surface area contributed by atoms with Gasteiger partial charge in [-0.15, -0.1) is 0 Å². The second kappa shape index (κ2) is 15.5. The van der Waals surface area contributed by atoms with E-state index in [0.29, 0.717) is 37.8 Å². The summed E-state index contributed by atoms with van der Waals surface area (Å²) in [7, 11) is 0. The van der Waals surface area contributed by atoms with Crippen LogP contribution in [0.5, 0.6) is 5.75 Å². The molecule has 1 aromatic heterocycles. The van der Waals surface area contributed by atoms with Crippen LogP contribution in [0.1, 0.15) is 55.7 Å². The zero-order chi connectivity index (χ0) is 27.3. The summed E-state index contributed by atoms with van der Waals surface area (Å²) < 4.78 is 20.2. The van der Waals surface area contributed by atoms with E-state index in [-0.39, 0.29) is 37.6 Å². The second-order valence-electron chi connectivity index (χ2n) is 9.51. The average Bonchev–Trinajstić information content (AvgIpc) is 2.91. The van der Waals surface area contributed by atoms with Crippen molar-refractivity contribution < 1.29 is 23.8 Å². The molecule has 38 heavy (non-hydrogen) atoms. The van der Waals surface area contributed by atoms with Crippen LogP contribution in [0, 0.1) is 5.82 Å². The molecule has 0 saturated heterocycles. The molecule has 0 unspecified atom stereocenters. The number of amides is 2. The number of halogens is 1. The molecule has 0 aliphatic carbocycles. The van der Waals surface area contributed by atoms with Crippen molar-refractivity contribution in [3.63, 3.8) is 0 Å². The highest BCUT2D eigenvalue weighted by atomic mass is 32.1. The van der Waals surface area contributed by atoms with Gasteiger partial charge in [0.15, 0.2) is 11.6 Å². The first-order valence-electron chi connectivity index (χ1n) is 13.2. The quantitative estimate of drug-likeness (QED) is 0.359. The van der Waals surface area contributed by atoms with E-state index in [2.05, 4.69) is 33.9 Å². The molecule has 4 N–H and O–H groups in total. The van der Waals surface area contributed by atoms with E-state index in [1.165, 1.54) is 11.4 Å². The van der Waals surface area contributed by atoms with E-state index >= 15 is 0 Å². The van der Waals surface area contributed by atoms with Crippen molar-refractivity contribution in [2.45, 2.75) is 76.6 Å². The van der Waals surface area contributed by atoms with Gasteiger partial charge in [0.25, 0.3) is 0 Å². The third-order valence-corrected chi connectivity index (χ3v) is 6.70. The van der Waals surface area contributed by atoms with Gasteiger partial charge in [-0.2, -0.15) is 0 Å². The molecule has 3 atom stereocenters. The van der Waals surface area contributed by atoms with Crippen molar-refractivity contribution in [1.29, 1.82) is 0 Å². The molecule has 2 aliphatic heterocycles.